The maximum Gasteiger partial charge on any atom is 0.322 e. The Bertz CT molecular complexity index is 1330. The first-order chi connectivity index (χ1) is 15.9. The van der Waals surface area contributed by atoms with Crippen molar-refractivity contribution in [1.82, 2.24) is 9.88 Å². The Hall–Kier alpha value is -3.93. The first-order valence-electron chi connectivity index (χ1n) is 10.9. The normalized spacial score (nSPS) is 10.9. The van der Waals surface area contributed by atoms with Crippen LogP contribution < -0.4 is 10.9 Å². The van der Waals surface area contributed by atoms with Crippen molar-refractivity contribution in [2.45, 2.75) is 26.8 Å². The fourth-order valence-corrected chi connectivity index (χ4v) is 3.95. The van der Waals surface area contributed by atoms with Crippen LogP contribution >= 0.6 is 0 Å². The summed E-state index contributed by atoms with van der Waals surface area (Å²) in [5.74, 6) is -0.373. The predicted molar refractivity (Wildman–Crippen MR) is 130 cm³/mol. The molecule has 5 nitrogen and oxygen atoms in total. The number of hydrogen-bond acceptors (Lipinski definition) is 2. The third-order valence-electron chi connectivity index (χ3n) is 5.63. The second-order valence-corrected chi connectivity index (χ2v) is 8.26. The minimum atomic E-state index is -0.373. The molecule has 0 fully saturated rings. The second kappa shape index (κ2) is 9.69. The van der Waals surface area contributed by atoms with Gasteiger partial charge in [-0.2, -0.15) is 0 Å². The van der Waals surface area contributed by atoms with Crippen molar-refractivity contribution in [1.29, 1.82) is 0 Å². The second-order valence-electron chi connectivity index (χ2n) is 8.26. The highest BCUT2D eigenvalue weighted by atomic mass is 19.1. The first-order valence-corrected chi connectivity index (χ1v) is 10.9. The molecule has 0 bridgehead atoms. The van der Waals surface area contributed by atoms with Crippen molar-refractivity contribution >= 4 is 22.6 Å². The van der Waals surface area contributed by atoms with E-state index >= 15 is 0 Å². The van der Waals surface area contributed by atoms with E-state index in [1.54, 1.807) is 4.90 Å². The topological polar surface area (TPSA) is 65.2 Å². The van der Waals surface area contributed by atoms with E-state index in [9.17, 15) is 14.0 Å². The van der Waals surface area contributed by atoms with E-state index in [0.29, 0.717) is 24.2 Å². The van der Waals surface area contributed by atoms with Crippen LogP contribution in [0.25, 0.3) is 10.9 Å². The average molecular weight is 444 g/mol. The molecule has 0 saturated heterocycles. The number of pyridine rings is 1. The number of aromatic nitrogens is 1. The maximum absolute atomic E-state index is 13.2. The molecule has 0 aliphatic carbocycles. The van der Waals surface area contributed by atoms with Gasteiger partial charge in [-0.15, -0.1) is 0 Å². The van der Waals surface area contributed by atoms with Gasteiger partial charge in [-0.1, -0.05) is 42.0 Å². The molecule has 0 saturated carbocycles. The third kappa shape index (κ3) is 5.47. The zero-order chi connectivity index (χ0) is 23.4. The number of hydrogen-bond donors (Lipinski definition) is 2. The zero-order valence-electron chi connectivity index (χ0n) is 18.7. The summed E-state index contributed by atoms with van der Waals surface area (Å²) in [4.78, 5) is 30.5. The van der Waals surface area contributed by atoms with Crippen molar-refractivity contribution in [3.8, 4) is 0 Å². The molecule has 4 aromatic rings. The Morgan fingerprint density at radius 1 is 1.00 bits per heavy atom. The Morgan fingerprint density at radius 2 is 1.73 bits per heavy atom. The highest BCUT2D eigenvalue weighted by Gasteiger charge is 2.17. The summed E-state index contributed by atoms with van der Waals surface area (Å²) in [6.45, 7) is 4.55. The van der Waals surface area contributed by atoms with Crippen LogP contribution in [0.4, 0.5) is 14.9 Å². The van der Waals surface area contributed by atoms with Gasteiger partial charge >= 0.3 is 6.03 Å². The number of benzene rings is 3. The van der Waals surface area contributed by atoms with Crippen molar-refractivity contribution < 1.29 is 9.18 Å². The van der Waals surface area contributed by atoms with E-state index in [1.165, 1.54) is 24.3 Å². The van der Waals surface area contributed by atoms with Gasteiger partial charge in [-0.05, 0) is 73.2 Å². The molecular weight excluding hydrogens is 417 g/mol. The highest BCUT2D eigenvalue weighted by Crippen LogP contribution is 2.19. The largest absolute Gasteiger partial charge is 0.322 e. The van der Waals surface area contributed by atoms with Gasteiger partial charge in [0.05, 0.1) is 12.1 Å². The highest BCUT2D eigenvalue weighted by molar-refractivity contribution is 5.89. The van der Waals surface area contributed by atoms with Crippen LogP contribution in [0.15, 0.2) is 77.6 Å². The first kappa shape index (κ1) is 22.3. The quantitative estimate of drug-likeness (QED) is 0.410. The molecule has 0 aliphatic rings. The van der Waals surface area contributed by atoms with E-state index in [0.717, 1.165) is 27.6 Å². The molecule has 2 amide bonds. The van der Waals surface area contributed by atoms with Crippen LogP contribution in [-0.4, -0.2) is 22.5 Å². The number of anilines is 1. The molecule has 33 heavy (non-hydrogen) atoms. The zero-order valence-corrected chi connectivity index (χ0v) is 18.7. The van der Waals surface area contributed by atoms with Crippen LogP contribution in [0, 0.1) is 19.7 Å². The van der Waals surface area contributed by atoms with Crippen LogP contribution in [0.3, 0.4) is 0 Å². The molecule has 0 aliphatic heterocycles. The fourth-order valence-electron chi connectivity index (χ4n) is 3.95. The van der Waals surface area contributed by atoms with E-state index in [-0.39, 0.29) is 24.0 Å². The average Bonchev–Trinajstić information content (AvgIpc) is 2.79. The van der Waals surface area contributed by atoms with Crippen LogP contribution in [0.2, 0.25) is 0 Å². The lowest BCUT2D eigenvalue weighted by atomic mass is 10.0. The van der Waals surface area contributed by atoms with Crippen molar-refractivity contribution in [2.24, 2.45) is 0 Å². The van der Waals surface area contributed by atoms with Gasteiger partial charge in [0.2, 0.25) is 0 Å². The minimum Gasteiger partial charge on any atom is -0.321 e. The summed E-state index contributed by atoms with van der Waals surface area (Å²) < 4.78 is 13.2. The Kier molecular flexibility index (Phi) is 6.54. The maximum atomic E-state index is 13.2. The lowest BCUT2D eigenvalue weighted by Crippen LogP contribution is -2.37. The molecule has 1 heterocycles. The molecule has 2 N–H and O–H groups in total. The van der Waals surface area contributed by atoms with Crippen LogP contribution in [0.5, 0.6) is 0 Å². The molecular formula is C27H26FN3O2. The summed E-state index contributed by atoms with van der Waals surface area (Å²) in [5, 5.41) is 3.74. The third-order valence-corrected chi connectivity index (χ3v) is 5.63. The van der Waals surface area contributed by atoms with Gasteiger partial charge in [-0.25, -0.2) is 9.18 Å². The van der Waals surface area contributed by atoms with Crippen molar-refractivity contribution in [3.63, 3.8) is 0 Å². The molecule has 168 valence electrons. The molecule has 1 aromatic heterocycles. The molecule has 0 atom stereocenters. The van der Waals surface area contributed by atoms with E-state index in [1.807, 2.05) is 62.4 Å². The number of aromatic amines is 1. The van der Waals surface area contributed by atoms with Gasteiger partial charge in [0, 0.05) is 17.8 Å². The standard InChI is InChI=1S/C27H26FN3O2/c1-18-14-19(2)25-21(15-18)16-22(26(32)30-25)17-31(13-12-20-6-4-3-5-7-20)27(33)29-24-10-8-23(28)9-11-24/h3-11,14-16H,12-13,17H2,1-2H3,(H,29,33)(H,30,32). The van der Waals surface area contributed by atoms with E-state index in [4.69, 9.17) is 0 Å². The summed E-state index contributed by atoms with van der Waals surface area (Å²) in [7, 11) is 0. The summed E-state index contributed by atoms with van der Waals surface area (Å²) >= 11 is 0. The number of halogens is 1. The lowest BCUT2D eigenvalue weighted by molar-refractivity contribution is 0.209. The number of urea groups is 1. The van der Waals surface area contributed by atoms with E-state index in [2.05, 4.69) is 10.3 Å². The van der Waals surface area contributed by atoms with Gasteiger partial charge in [0.1, 0.15) is 5.82 Å². The summed E-state index contributed by atoms with van der Waals surface area (Å²) in [5.41, 5.74) is 4.79. The van der Waals surface area contributed by atoms with Crippen molar-refractivity contribution in [2.75, 3.05) is 11.9 Å². The number of amides is 2. The molecule has 3 aromatic carbocycles. The molecule has 6 heteroatoms. The number of aryl methyl sites for hydroxylation is 2. The van der Waals surface area contributed by atoms with Gasteiger partial charge in [-0.3, -0.25) is 4.79 Å². The SMILES string of the molecule is Cc1cc(C)c2[nH]c(=O)c(CN(CCc3ccccc3)C(=O)Nc3ccc(F)cc3)cc2c1. The Labute approximate surface area is 191 Å². The smallest absolute Gasteiger partial charge is 0.321 e. The summed E-state index contributed by atoms with van der Waals surface area (Å²) in [6.07, 6.45) is 0.640. The number of H-pyrrole nitrogens is 1. The van der Waals surface area contributed by atoms with Gasteiger partial charge in [0.15, 0.2) is 0 Å². The number of carbonyl (C=O) groups excluding carboxylic acids is 1. The van der Waals surface area contributed by atoms with Crippen LogP contribution in [0.1, 0.15) is 22.3 Å². The number of carbonyl (C=O) groups is 1. The van der Waals surface area contributed by atoms with Gasteiger partial charge < -0.3 is 15.2 Å². The van der Waals surface area contributed by atoms with Crippen LogP contribution in [-0.2, 0) is 13.0 Å². The minimum absolute atomic E-state index is 0.151. The molecule has 0 spiro atoms. The fraction of sp³-hybridized carbons (Fsp3) is 0.185. The monoisotopic (exact) mass is 443 g/mol. The Morgan fingerprint density at radius 3 is 2.45 bits per heavy atom. The molecule has 0 unspecified atom stereocenters. The number of fused-ring (bicyclic) bond motifs is 1. The molecule has 4 rings (SSSR count). The number of nitrogens with zero attached hydrogens (tertiary/aromatic N) is 1. The summed E-state index contributed by atoms with van der Waals surface area (Å²) in [6, 6.07) is 21.0. The van der Waals surface area contributed by atoms with Gasteiger partial charge in [0.25, 0.3) is 5.56 Å². The predicted octanol–water partition coefficient (Wildman–Crippen LogP) is 5.56. The Balaban J connectivity index is 1.62. The van der Waals surface area contributed by atoms with E-state index < -0.39 is 0 Å². The molecule has 0 radical (unpaired) electrons. The van der Waals surface area contributed by atoms with Crippen molar-refractivity contribution in [3.05, 3.63) is 111 Å². The number of rotatable bonds is 6. The number of nitrogens with one attached hydrogen (secondary N) is 2. The lowest BCUT2D eigenvalue weighted by Gasteiger charge is -2.23.